The Balaban J connectivity index is 1.68. The molecule has 2 aromatic rings. The van der Waals surface area contributed by atoms with E-state index in [1.807, 2.05) is 6.07 Å². The summed E-state index contributed by atoms with van der Waals surface area (Å²) < 4.78 is 1.29. The molecule has 2 nitrogen and oxygen atoms in total. The third-order valence-electron chi connectivity index (χ3n) is 3.98. The molecule has 1 heterocycles. The number of fused-ring (bicyclic) bond motifs is 1. The van der Waals surface area contributed by atoms with Gasteiger partial charge in [-0.2, -0.15) is 0 Å². The Morgan fingerprint density at radius 3 is 2.88 bits per heavy atom. The monoisotopic (exact) mass is 246 g/mol. The van der Waals surface area contributed by atoms with Gasteiger partial charge >= 0.3 is 0 Å². The standard InChI is InChI=1S/C14H18N2S/c1-10(14(2)7-8-14)15-9-13-16-11-5-3-4-6-12(11)17-13/h3-6,10,15H,7-9H2,1-2H3. The quantitative estimate of drug-likeness (QED) is 0.892. The third-order valence-corrected chi connectivity index (χ3v) is 5.02. The summed E-state index contributed by atoms with van der Waals surface area (Å²) in [5, 5.41) is 4.81. The van der Waals surface area contributed by atoms with Crippen molar-refractivity contribution in [3.63, 3.8) is 0 Å². The van der Waals surface area contributed by atoms with Gasteiger partial charge in [-0.1, -0.05) is 19.1 Å². The maximum atomic E-state index is 4.64. The Morgan fingerprint density at radius 1 is 1.41 bits per heavy atom. The Bertz CT molecular complexity index is 495. The van der Waals surface area contributed by atoms with Crippen LogP contribution in [-0.4, -0.2) is 11.0 Å². The van der Waals surface area contributed by atoms with E-state index in [2.05, 4.69) is 42.3 Å². The molecule has 1 fully saturated rings. The molecular formula is C14H18N2S. The molecule has 1 unspecified atom stereocenters. The number of benzene rings is 1. The van der Waals surface area contributed by atoms with Crippen LogP contribution in [0.2, 0.25) is 0 Å². The SMILES string of the molecule is CC(NCc1nc2ccccc2s1)C1(C)CC1. The van der Waals surface area contributed by atoms with Gasteiger partial charge in [0.25, 0.3) is 0 Å². The van der Waals surface area contributed by atoms with Gasteiger partial charge in [-0.15, -0.1) is 11.3 Å². The predicted molar refractivity (Wildman–Crippen MR) is 73.3 cm³/mol. The average molecular weight is 246 g/mol. The number of nitrogens with zero attached hydrogens (tertiary/aromatic N) is 1. The van der Waals surface area contributed by atoms with E-state index in [0.717, 1.165) is 12.1 Å². The van der Waals surface area contributed by atoms with Gasteiger partial charge in [0.05, 0.1) is 10.2 Å². The number of hydrogen-bond acceptors (Lipinski definition) is 3. The summed E-state index contributed by atoms with van der Waals surface area (Å²) in [4.78, 5) is 4.64. The predicted octanol–water partition coefficient (Wildman–Crippen LogP) is 3.57. The van der Waals surface area contributed by atoms with E-state index in [9.17, 15) is 0 Å². The highest BCUT2D eigenvalue weighted by atomic mass is 32.1. The normalized spacial score (nSPS) is 19.4. The van der Waals surface area contributed by atoms with Gasteiger partial charge in [-0.3, -0.25) is 0 Å². The minimum Gasteiger partial charge on any atom is -0.307 e. The van der Waals surface area contributed by atoms with Crippen LogP contribution >= 0.6 is 11.3 Å². The summed E-state index contributed by atoms with van der Waals surface area (Å²) in [5.74, 6) is 0. The maximum absolute atomic E-state index is 4.64. The second-order valence-corrected chi connectivity index (χ2v) is 6.45. The van der Waals surface area contributed by atoms with Crippen molar-refractivity contribution in [3.05, 3.63) is 29.3 Å². The molecule has 1 aromatic carbocycles. The molecule has 0 spiro atoms. The molecule has 1 aliphatic rings. The Labute approximate surface area is 106 Å². The average Bonchev–Trinajstić information content (AvgIpc) is 2.95. The van der Waals surface area contributed by atoms with Crippen molar-refractivity contribution in [3.8, 4) is 0 Å². The first-order valence-corrected chi connectivity index (χ1v) is 7.07. The van der Waals surface area contributed by atoms with Gasteiger partial charge in [-0.25, -0.2) is 4.98 Å². The van der Waals surface area contributed by atoms with Crippen molar-refractivity contribution in [2.24, 2.45) is 5.41 Å². The topological polar surface area (TPSA) is 24.9 Å². The zero-order valence-electron chi connectivity index (χ0n) is 10.4. The molecule has 1 aromatic heterocycles. The van der Waals surface area contributed by atoms with Crippen LogP contribution in [0.1, 0.15) is 31.7 Å². The van der Waals surface area contributed by atoms with Crippen molar-refractivity contribution in [2.75, 3.05) is 0 Å². The van der Waals surface area contributed by atoms with Crippen LogP contribution in [0.4, 0.5) is 0 Å². The van der Waals surface area contributed by atoms with Gasteiger partial charge in [0.2, 0.25) is 0 Å². The van der Waals surface area contributed by atoms with E-state index in [1.54, 1.807) is 11.3 Å². The smallest absolute Gasteiger partial charge is 0.108 e. The van der Waals surface area contributed by atoms with Crippen LogP contribution in [0.5, 0.6) is 0 Å². The lowest BCUT2D eigenvalue weighted by molar-refractivity contribution is 0.380. The van der Waals surface area contributed by atoms with Crippen LogP contribution in [-0.2, 0) is 6.54 Å². The molecular weight excluding hydrogens is 228 g/mol. The summed E-state index contributed by atoms with van der Waals surface area (Å²) >= 11 is 1.80. The van der Waals surface area contributed by atoms with E-state index in [4.69, 9.17) is 0 Å². The lowest BCUT2D eigenvalue weighted by atomic mass is 10.0. The summed E-state index contributed by atoms with van der Waals surface area (Å²) in [5.41, 5.74) is 1.66. The van der Waals surface area contributed by atoms with E-state index >= 15 is 0 Å². The van der Waals surface area contributed by atoms with Crippen LogP contribution in [0.15, 0.2) is 24.3 Å². The van der Waals surface area contributed by atoms with E-state index in [-0.39, 0.29) is 0 Å². The fraction of sp³-hybridized carbons (Fsp3) is 0.500. The molecule has 3 heteroatoms. The molecule has 0 aliphatic heterocycles. The highest BCUT2D eigenvalue weighted by Crippen LogP contribution is 2.48. The summed E-state index contributed by atoms with van der Waals surface area (Å²) in [6.07, 6.45) is 2.72. The van der Waals surface area contributed by atoms with Crippen LogP contribution in [0.3, 0.4) is 0 Å². The van der Waals surface area contributed by atoms with Crippen molar-refractivity contribution in [2.45, 2.75) is 39.3 Å². The Kier molecular flexibility index (Phi) is 2.68. The van der Waals surface area contributed by atoms with Gasteiger partial charge in [-0.05, 0) is 37.3 Å². The number of hydrogen-bond donors (Lipinski definition) is 1. The van der Waals surface area contributed by atoms with Gasteiger partial charge in [0, 0.05) is 12.6 Å². The zero-order valence-corrected chi connectivity index (χ0v) is 11.2. The molecule has 90 valence electrons. The first-order chi connectivity index (χ1) is 8.17. The van der Waals surface area contributed by atoms with Crippen LogP contribution < -0.4 is 5.32 Å². The van der Waals surface area contributed by atoms with Crippen LogP contribution in [0.25, 0.3) is 10.2 Å². The number of thiazole rings is 1. The lowest BCUT2D eigenvalue weighted by Gasteiger charge is -2.19. The maximum Gasteiger partial charge on any atom is 0.108 e. The number of para-hydroxylation sites is 1. The minimum absolute atomic E-state index is 0.538. The Morgan fingerprint density at radius 2 is 2.18 bits per heavy atom. The Hall–Kier alpha value is -0.930. The zero-order chi connectivity index (χ0) is 11.9. The molecule has 3 rings (SSSR count). The largest absolute Gasteiger partial charge is 0.307 e. The van der Waals surface area contributed by atoms with Gasteiger partial charge < -0.3 is 5.32 Å². The van der Waals surface area contributed by atoms with Crippen LogP contribution in [0, 0.1) is 5.41 Å². The van der Waals surface area contributed by atoms with Crippen molar-refractivity contribution < 1.29 is 0 Å². The summed E-state index contributed by atoms with van der Waals surface area (Å²) in [6.45, 7) is 5.56. The molecule has 1 saturated carbocycles. The van der Waals surface area contributed by atoms with E-state index in [0.29, 0.717) is 11.5 Å². The molecule has 17 heavy (non-hydrogen) atoms. The second kappa shape index (κ2) is 4.07. The fourth-order valence-electron chi connectivity index (χ4n) is 2.11. The van der Waals surface area contributed by atoms with Crippen molar-refractivity contribution >= 4 is 21.6 Å². The highest BCUT2D eigenvalue weighted by molar-refractivity contribution is 7.18. The second-order valence-electron chi connectivity index (χ2n) is 5.33. The molecule has 1 atom stereocenters. The first-order valence-electron chi connectivity index (χ1n) is 6.25. The number of nitrogens with one attached hydrogen (secondary N) is 1. The van der Waals surface area contributed by atoms with E-state index < -0.39 is 0 Å². The molecule has 0 amide bonds. The fourth-order valence-corrected chi connectivity index (χ4v) is 3.03. The van der Waals surface area contributed by atoms with Gasteiger partial charge in [0.15, 0.2) is 0 Å². The molecule has 0 bridgehead atoms. The minimum atomic E-state index is 0.538. The van der Waals surface area contributed by atoms with E-state index in [1.165, 1.54) is 22.5 Å². The molecule has 1 N–H and O–H groups in total. The van der Waals surface area contributed by atoms with Gasteiger partial charge in [0.1, 0.15) is 5.01 Å². The van der Waals surface area contributed by atoms with Crippen molar-refractivity contribution in [1.82, 2.24) is 10.3 Å². The van der Waals surface area contributed by atoms with Crippen molar-refractivity contribution in [1.29, 1.82) is 0 Å². The number of rotatable bonds is 4. The molecule has 0 saturated heterocycles. The number of aromatic nitrogens is 1. The lowest BCUT2D eigenvalue weighted by Crippen LogP contribution is -2.32. The third kappa shape index (κ3) is 2.22. The summed E-state index contributed by atoms with van der Waals surface area (Å²) in [6, 6.07) is 8.94. The summed E-state index contributed by atoms with van der Waals surface area (Å²) in [7, 11) is 0. The molecule has 1 aliphatic carbocycles. The first kappa shape index (κ1) is 11.2. The molecule has 0 radical (unpaired) electrons. The highest BCUT2D eigenvalue weighted by Gasteiger charge is 2.42.